The molecule has 0 unspecified atom stereocenters. The minimum atomic E-state index is -0.839. The van der Waals surface area contributed by atoms with E-state index in [2.05, 4.69) is 0 Å². The Kier molecular flexibility index (Phi) is 4.09. The van der Waals surface area contributed by atoms with E-state index in [0.29, 0.717) is 12.1 Å². The van der Waals surface area contributed by atoms with Crippen LogP contribution in [-0.2, 0) is 17.6 Å². The van der Waals surface area contributed by atoms with Crippen molar-refractivity contribution in [3.63, 3.8) is 0 Å². The first-order valence-electron chi connectivity index (χ1n) is 6.38. The molecule has 0 fully saturated rings. The number of aryl methyl sites for hydroxylation is 1. The Morgan fingerprint density at radius 3 is 2.68 bits per heavy atom. The summed E-state index contributed by atoms with van der Waals surface area (Å²) < 4.78 is 0. The van der Waals surface area contributed by atoms with Crippen molar-refractivity contribution in [2.24, 2.45) is 5.73 Å². The number of nitrogens with two attached hydrogens (primary N) is 1. The van der Waals surface area contributed by atoms with Gasteiger partial charge in [-0.2, -0.15) is 0 Å². The van der Waals surface area contributed by atoms with E-state index in [9.17, 15) is 9.59 Å². The SMILES string of the molecule is CN(CCC(=O)O)c1sc2c(c1C(N)=O)CCCC2. The first-order chi connectivity index (χ1) is 9.00. The highest BCUT2D eigenvalue weighted by molar-refractivity contribution is 7.16. The molecule has 19 heavy (non-hydrogen) atoms. The second-order valence-electron chi connectivity index (χ2n) is 4.82. The molecule has 1 aromatic heterocycles. The first kappa shape index (κ1) is 13.9. The summed E-state index contributed by atoms with van der Waals surface area (Å²) in [5.74, 6) is -1.25. The zero-order chi connectivity index (χ0) is 14.0. The van der Waals surface area contributed by atoms with Gasteiger partial charge in [0.05, 0.1) is 12.0 Å². The van der Waals surface area contributed by atoms with Crippen LogP contribution in [0.5, 0.6) is 0 Å². The van der Waals surface area contributed by atoms with Crippen LogP contribution in [0, 0.1) is 0 Å². The fourth-order valence-corrected chi connectivity index (χ4v) is 3.82. The average Bonchev–Trinajstić information content (AvgIpc) is 2.75. The van der Waals surface area contributed by atoms with Crippen LogP contribution in [0.15, 0.2) is 0 Å². The molecule has 5 nitrogen and oxygen atoms in total. The van der Waals surface area contributed by atoms with Gasteiger partial charge in [0.25, 0.3) is 5.91 Å². The second-order valence-corrected chi connectivity index (χ2v) is 5.90. The molecule has 0 aromatic carbocycles. The number of hydrogen-bond acceptors (Lipinski definition) is 4. The highest BCUT2D eigenvalue weighted by atomic mass is 32.1. The highest BCUT2D eigenvalue weighted by Crippen LogP contribution is 2.39. The van der Waals surface area contributed by atoms with Crippen molar-refractivity contribution in [3.05, 3.63) is 16.0 Å². The summed E-state index contributed by atoms with van der Waals surface area (Å²) in [4.78, 5) is 25.4. The maximum absolute atomic E-state index is 11.7. The van der Waals surface area contributed by atoms with E-state index in [1.165, 1.54) is 4.88 Å². The fraction of sp³-hybridized carbons (Fsp3) is 0.538. The third-order valence-electron chi connectivity index (χ3n) is 3.41. The van der Waals surface area contributed by atoms with Crippen LogP contribution in [0.4, 0.5) is 5.00 Å². The van der Waals surface area contributed by atoms with Crippen molar-refractivity contribution < 1.29 is 14.7 Å². The summed E-state index contributed by atoms with van der Waals surface area (Å²) in [6.45, 7) is 0.384. The van der Waals surface area contributed by atoms with Crippen molar-refractivity contribution in [2.75, 3.05) is 18.5 Å². The van der Waals surface area contributed by atoms with Crippen molar-refractivity contribution in [1.82, 2.24) is 0 Å². The Hall–Kier alpha value is -1.56. The molecule has 1 aliphatic rings. The molecule has 104 valence electrons. The van der Waals surface area contributed by atoms with Crippen molar-refractivity contribution in [2.45, 2.75) is 32.1 Å². The lowest BCUT2D eigenvalue weighted by Crippen LogP contribution is -2.24. The largest absolute Gasteiger partial charge is 0.481 e. The van der Waals surface area contributed by atoms with Gasteiger partial charge >= 0.3 is 5.97 Å². The maximum atomic E-state index is 11.7. The highest BCUT2D eigenvalue weighted by Gasteiger charge is 2.25. The number of carbonyl (C=O) groups excluding carboxylic acids is 1. The normalized spacial score (nSPS) is 13.9. The molecule has 0 saturated heterocycles. The van der Waals surface area contributed by atoms with Crippen LogP contribution in [0.3, 0.4) is 0 Å². The number of anilines is 1. The van der Waals surface area contributed by atoms with Gasteiger partial charge in [-0.25, -0.2) is 0 Å². The number of carbonyl (C=O) groups is 2. The number of nitrogens with zero attached hydrogens (tertiary/aromatic N) is 1. The third-order valence-corrected chi connectivity index (χ3v) is 4.81. The third kappa shape index (κ3) is 2.89. The number of rotatable bonds is 5. The van der Waals surface area contributed by atoms with Crippen LogP contribution < -0.4 is 10.6 Å². The monoisotopic (exact) mass is 282 g/mol. The van der Waals surface area contributed by atoms with E-state index in [0.717, 1.165) is 36.2 Å². The molecule has 1 heterocycles. The van der Waals surface area contributed by atoms with Crippen molar-refractivity contribution in [3.8, 4) is 0 Å². The molecule has 0 spiro atoms. The van der Waals surface area contributed by atoms with Crippen molar-refractivity contribution >= 4 is 28.2 Å². The maximum Gasteiger partial charge on any atom is 0.305 e. The van der Waals surface area contributed by atoms with Gasteiger partial charge in [-0.05, 0) is 31.2 Å². The number of carboxylic acids is 1. The second kappa shape index (κ2) is 5.61. The predicted octanol–water partition coefficient (Wildman–Crippen LogP) is 1.64. The molecular formula is C13H18N2O3S. The van der Waals surface area contributed by atoms with Gasteiger partial charge in [-0.1, -0.05) is 0 Å². The smallest absolute Gasteiger partial charge is 0.305 e. The number of primary amides is 1. The zero-order valence-electron chi connectivity index (χ0n) is 10.9. The van der Waals surface area contributed by atoms with Crippen LogP contribution in [0.25, 0.3) is 0 Å². The summed E-state index contributed by atoms with van der Waals surface area (Å²) in [6.07, 6.45) is 4.17. The minimum absolute atomic E-state index is 0.0528. The molecule has 6 heteroatoms. The Morgan fingerprint density at radius 2 is 2.05 bits per heavy atom. The molecule has 1 amide bonds. The molecule has 1 aromatic rings. The minimum Gasteiger partial charge on any atom is -0.481 e. The van der Waals surface area contributed by atoms with Gasteiger partial charge in [-0.15, -0.1) is 11.3 Å². The number of carboxylic acid groups (broad SMARTS) is 1. The van der Waals surface area contributed by atoms with Crippen LogP contribution >= 0.6 is 11.3 Å². The van der Waals surface area contributed by atoms with E-state index < -0.39 is 11.9 Å². The molecule has 2 rings (SSSR count). The Bertz CT molecular complexity index is 510. The molecule has 0 atom stereocenters. The number of amides is 1. The zero-order valence-corrected chi connectivity index (χ0v) is 11.8. The van der Waals surface area contributed by atoms with Crippen molar-refractivity contribution in [1.29, 1.82) is 0 Å². The molecule has 3 N–H and O–H groups in total. The van der Waals surface area contributed by atoms with Gasteiger partial charge in [0.2, 0.25) is 0 Å². The molecule has 0 saturated carbocycles. The molecule has 1 aliphatic carbocycles. The van der Waals surface area contributed by atoms with Crippen LogP contribution in [0.1, 0.15) is 40.1 Å². The van der Waals surface area contributed by atoms with Gasteiger partial charge in [0, 0.05) is 18.5 Å². The number of aliphatic carboxylic acids is 1. The first-order valence-corrected chi connectivity index (χ1v) is 7.19. The molecular weight excluding hydrogens is 264 g/mol. The fourth-order valence-electron chi connectivity index (χ4n) is 2.44. The Balaban J connectivity index is 2.31. The summed E-state index contributed by atoms with van der Waals surface area (Å²) in [7, 11) is 1.81. The quantitative estimate of drug-likeness (QED) is 0.860. The average molecular weight is 282 g/mol. The molecule has 0 radical (unpaired) electrons. The van der Waals surface area contributed by atoms with Gasteiger partial charge in [0.15, 0.2) is 0 Å². The van der Waals surface area contributed by atoms with Gasteiger partial charge in [0.1, 0.15) is 5.00 Å². The summed E-state index contributed by atoms with van der Waals surface area (Å²) in [6, 6.07) is 0. The lowest BCUT2D eigenvalue weighted by molar-refractivity contribution is -0.136. The molecule has 0 aliphatic heterocycles. The van der Waals surface area contributed by atoms with E-state index in [-0.39, 0.29) is 6.42 Å². The lowest BCUT2D eigenvalue weighted by Gasteiger charge is -2.17. The number of hydrogen-bond donors (Lipinski definition) is 2. The Labute approximate surface area is 116 Å². The summed E-state index contributed by atoms with van der Waals surface area (Å²) in [5.41, 5.74) is 7.19. The number of thiophene rings is 1. The topological polar surface area (TPSA) is 83.6 Å². The van der Waals surface area contributed by atoms with E-state index in [1.54, 1.807) is 11.3 Å². The van der Waals surface area contributed by atoms with Gasteiger partial charge < -0.3 is 15.7 Å². The Morgan fingerprint density at radius 1 is 1.37 bits per heavy atom. The molecule has 0 bridgehead atoms. The van der Waals surface area contributed by atoms with E-state index in [1.807, 2.05) is 11.9 Å². The van der Waals surface area contributed by atoms with Crippen LogP contribution in [0.2, 0.25) is 0 Å². The van der Waals surface area contributed by atoms with E-state index in [4.69, 9.17) is 10.8 Å². The predicted molar refractivity (Wildman–Crippen MR) is 75.0 cm³/mol. The van der Waals surface area contributed by atoms with E-state index >= 15 is 0 Å². The summed E-state index contributed by atoms with van der Waals surface area (Å²) in [5, 5.41) is 9.56. The standard InChI is InChI=1S/C13H18N2O3S/c1-15(7-6-10(16)17)13-11(12(14)18)8-4-2-3-5-9(8)19-13/h2-7H2,1H3,(H2,14,18)(H,16,17). The van der Waals surface area contributed by atoms with Crippen LogP contribution in [-0.4, -0.2) is 30.6 Å². The number of fused-ring (bicyclic) bond motifs is 1. The van der Waals surface area contributed by atoms with Gasteiger partial charge in [-0.3, -0.25) is 9.59 Å². The lowest BCUT2D eigenvalue weighted by atomic mass is 9.95. The summed E-state index contributed by atoms with van der Waals surface area (Å²) >= 11 is 1.58.